The number of carbonyl (C=O) groups excluding carboxylic acids is 2. The number of furan rings is 1. The van der Waals surface area contributed by atoms with E-state index in [1.807, 2.05) is 11.0 Å². The van der Waals surface area contributed by atoms with Gasteiger partial charge in [-0.1, -0.05) is 12.1 Å². The van der Waals surface area contributed by atoms with Gasteiger partial charge in [-0.15, -0.1) is 0 Å². The molecule has 2 heterocycles. The summed E-state index contributed by atoms with van der Waals surface area (Å²) in [7, 11) is 0. The molecule has 1 aliphatic carbocycles. The van der Waals surface area contributed by atoms with E-state index in [1.54, 1.807) is 24.5 Å². The summed E-state index contributed by atoms with van der Waals surface area (Å²) in [6.07, 6.45) is 3.55. The molecule has 1 aromatic carbocycles. The molecule has 136 valence electrons. The van der Waals surface area contributed by atoms with Crippen LogP contribution in [0.15, 0.2) is 47.1 Å². The summed E-state index contributed by atoms with van der Waals surface area (Å²) in [6.45, 7) is 1.71. The molecule has 2 fully saturated rings. The van der Waals surface area contributed by atoms with E-state index in [1.165, 1.54) is 12.1 Å². The standard InChI is InChI=1S/C20H21FN2O3/c21-15-5-3-14(4-6-15)10-18(24)23-8-7-20(13-23)11-17(20)19(25)22-12-16-2-1-9-26-16/h1-6,9,17H,7-8,10-13H2,(H,22,25)/t17-,20+/m1/s1. The Bertz CT molecular complexity index is 803. The molecule has 0 unspecified atom stereocenters. The number of hydrogen-bond donors (Lipinski definition) is 1. The highest BCUT2D eigenvalue weighted by molar-refractivity contribution is 5.84. The van der Waals surface area contributed by atoms with Crippen molar-refractivity contribution in [3.8, 4) is 0 Å². The smallest absolute Gasteiger partial charge is 0.227 e. The molecule has 26 heavy (non-hydrogen) atoms. The lowest BCUT2D eigenvalue weighted by Gasteiger charge is -2.17. The maximum atomic E-state index is 13.0. The molecule has 1 N–H and O–H groups in total. The first-order valence-electron chi connectivity index (χ1n) is 8.88. The van der Waals surface area contributed by atoms with Crippen LogP contribution in [0.5, 0.6) is 0 Å². The molecule has 2 amide bonds. The second-order valence-electron chi connectivity index (χ2n) is 7.28. The van der Waals surface area contributed by atoms with Crippen molar-refractivity contribution in [1.82, 2.24) is 10.2 Å². The van der Waals surface area contributed by atoms with Crippen molar-refractivity contribution in [3.05, 3.63) is 59.8 Å². The Balaban J connectivity index is 1.29. The summed E-state index contributed by atoms with van der Waals surface area (Å²) in [5.74, 6) is 0.476. The Labute approximate surface area is 151 Å². The predicted octanol–water partition coefficient (Wildman–Crippen LogP) is 2.52. The van der Waals surface area contributed by atoms with Gasteiger partial charge in [-0.3, -0.25) is 9.59 Å². The van der Waals surface area contributed by atoms with Crippen LogP contribution in [0.4, 0.5) is 4.39 Å². The molecule has 1 saturated heterocycles. The molecule has 0 bridgehead atoms. The lowest BCUT2D eigenvalue weighted by atomic mass is 10.0. The molecule has 1 aliphatic heterocycles. The number of amides is 2. The molecule has 1 saturated carbocycles. The minimum atomic E-state index is -0.303. The van der Waals surface area contributed by atoms with E-state index in [2.05, 4.69) is 5.32 Å². The number of likely N-dealkylation sites (tertiary alicyclic amines) is 1. The maximum absolute atomic E-state index is 13.0. The Morgan fingerprint density at radius 1 is 1.27 bits per heavy atom. The van der Waals surface area contributed by atoms with Crippen LogP contribution in [0.2, 0.25) is 0 Å². The van der Waals surface area contributed by atoms with E-state index >= 15 is 0 Å². The van der Waals surface area contributed by atoms with Crippen LogP contribution in [-0.2, 0) is 22.6 Å². The largest absolute Gasteiger partial charge is 0.467 e. The zero-order valence-corrected chi connectivity index (χ0v) is 14.4. The van der Waals surface area contributed by atoms with E-state index in [9.17, 15) is 14.0 Å². The number of hydrogen-bond acceptors (Lipinski definition) is 3. The van der Waals surface area contributed by atoms with E-state index in [-0.39, 0.29) is 35.4 Å². The topological polar surface area (TPSA) is 62.6 Å². The summed E-state index contributed by atoms with van der Waals surface area (Å²) >= 11 is 0. The molecular weight excluding hydrogens is 335 g/mol. The minimum absolute atomic E-state index is 0.0268. The van der Waals surface area contributed by atoms with Gasteiger partial charge in [0.15, 0.2) is 0 Å². The zero-order valence-electron chi connectivity index (χ0n) is 14.4. The van der Waals surface area contributed by atoms with Crippen molar-refractivity contribution < 1.29 is 18.4 Å². The van der Waals surface area contributed by atoms with Gasteiger partial charge in [-0.05, 0) is 42.7 Å². The lowest BCUT2D eigenvalue weighted by molar-refractivity contribution is -0.130. The van der Waals surface area contributed by atoms with Crippen molar-refractivity contribution in [2.24, 2.45) is 11.3 Å². The fourth-order valence-electron chi connectivity index (χ4n) is 3.88. The number of nitrogens with zero attached hydrogens (tertiary/aromatic N) is 1. The van der Waals surface area contributed by atoms with Crippen LogP contribution in [0, 0.1) is 17.2 Å². The third-order valence-corrected chi connectivity index (χ3v) is 5.53. The Morgan fingerprint density at radius 3 is 2.81 bits per heavy atom. The predicted molar refractivity (Wildman–Crippen MR) is 92.4 cm³/mol. The molecule has 1 aromatic heterocycles. The van der Waals surface area contributed by atoms with Crippen LogP contribution in [0.25, 0.3) is 0 Å². The Kier molecular flexibility index (Phi) is 4.26. The molecule has 6 heteroatoms. The Hall–Kier alpha value is -2.63. The van der Waals surface area contributed by atoms with Gasteiger partial charge in [0.2, 0.25) is 11.8 Å². The summed E-state index contributed by atoms with van der Waals surface area (Å²) < 4.78 is 18.2. The summed E-state index contributed by atoms with van der Waals surface area (Å²) in [5, 5.41) is 2.92. The first-order valence-corrected chi connectivity index (χ1v) is 8.88. The van der Waals surface area contributed by atoms with Crippen molar-refractivity contribution in [1.29, 1.82) is 0 Å². The first kappa shape index (κ1) is 16.8. The highest BCUT2D eigenvalue weighted by atomic mass is 19.1. The van der Waals surface area contributed by atoms with E-state index < -0.39 is 0 Å². The summed E-state index contributed by atoms with van der Waals surface area (Å²) in [4.78, 5) is 26.7. The van der Waals surface area contributed by atoms with Crippen LogP contribution < -0.4 is 5.32 Å². The monoisotopic (exact) mass is 356 g/mol. The van der Waals surface area contributed by atoms with Crippen LogP contribution in [-0.4, -0.2) is 29.8 Å². The molecule has 2 aromatic rings. The molecule has 2 aliphatic rings. The summed E-state index contributed by atoms with van der Waals surface area (Å²) in [5.41, 5.74) is 0.743. The lowest BCUT2D eigenvalue weighted by Crippen LogP contribution is -2.32. The van der Waals surface area contributed by atoms with Crippen molar-refractivity contribution in [2.75, 3.05) is 13.1 Å². The average Bonchev–Trinajstić information content (AvgIpc) is 2.99. The molecular formula is C20H21FN2O3. The third kappa shape index (κ3) is 3.36. The Morgan fingerprint density at radius 2 is 2.08 bits per heavy atom. The third-order valence-electron chi connectivity index (χ3n) is 5.53. The van der Waals surface area contributed by atoms with E-state index in [0.717, 1.165) is 24.2 Å². The second kappa shape index (κ2) is 6.59. The number of benzene rings is 1. The number of rotatable bonds is 5. The van der Waals surface area contributed by atoms with E-state index in [4.69, 9.17) is 4.42 Å². The van der Waals surface area contributed by atoms with Crippen LogP contribution >= 0.6 is 0 Å². The highest BCUT2D eigenvalue weighted by Gasteiger charge is 2.61. The molecule has 0 radical (unpaired) electrons. The second-order valence-corrected chi connectivity index (χ2v) is 7.28. The number of carbonyl (C=O) groups is 2. The van der Waals surface area contributed by atoms with Gasteiger partial charge in [0, 0.05) is 24.4 Å². The van der Waals surface area contributed by atoms with Gasteiger partial charge in [0.1, 0.15) is 11.6 Å². The van der Waals surface area contributed by atoms with Gasteiger partial charge in [-0.2, -0.15) is 0 Å². The van der Waals surface area contributed by atoms with Gasteiger partial charge in [0.25, 0.3) is 0 Å². The molecule has 4 rings (SSSR count). The van der Waals surface area contributed by atoms with Crippen LogP contribution in [0.3, 0.4) is 0 Å². The molecule has 1 spiro atoms. The van der Waals surface area contributed by atoms with Crippen molar-refractivity contribution >= 4 is 11.8 Å². The normalized spacial score (nSPS) is 24.0. The van der Waals surface area contributed by atoms with Crippen LogP contribution in [0.1, 0.15) is 24.2 Å². The first-order chi connectivity index (χ1) is 12.6. The molecule has 2 atom stereocenters. The van der Waals surface area contributed by atoms with Gasteiger partial charge in [0.05, 0.1) is 19.2 Å². The zero-order chi connectivity index (χ0) is 18.1. The quantitative estimate of drug-likeness (QED) is 0.895. The number of nitrogens with one attached hydrogen (secondary N) is 1. The average molecular weight is 356 g/mol. The fourth-order valence-corrected chi connectivity index (χ4v) is 3.88. The van der Waals surface area contributed by atoms with Gasteiger partial charge < -0.3 is 14.6 Å². The minimum Gasteiger partial charge on any atom is -0.467 e. The van der Waals surface area contributed by atoms with Crippen molar-refractivity contribution in [2.45, 2.75) is 25.8 Å². The fraction of sp³-hybridized carbons (Fsp3) is 0.400. The van der Waals surface area contributed by atoms with Crippen molar-refractivity contribution in [3.63, 3.8) is 0 Å². The van der Waals surface area contributed by atoms with E-state index in [0.29, 0.717) is 19.6 Å². The highest BCUT2D eigenvalue weighted by Crippen LogP contribution is 2.58. The van der Waals surface area contributed by atoms with Gasteiger partial charge in [-0.25, -0.2) is 4.39 Å². The maximum Gasteiger partial charge on any atom is 0.227 e. The SMILES string of the molecule is O=C(NCc1ccco1)[C@H]1C[C@]12CCN(C(=O)Cc1ccc(F)cc1)C2. The van der Waals surface area contributed by atoms with Gasteiger partial charge >= 0.3 is 0 Å². The summed E-state index contributed by atoms with van der Waals surface area (Å²) in [6, 6.07) is 9.64. The number of halogens is 1. The molecule has 5 nitrogen and oxygen atoms in total.